The van der Waals surface area contributed by atoms with Crippen LogP contribution in [0.25, 0.3) is 0 Å². The molecule has 1 aliphatic carbocycles. The van der Waals surface area contributed by atoms with E-state index in [1.807, 2.05) is 58.1 Å². The number of Topliss-reactive ketones (excluding diaryl/α,β-unsaturated/α-hetero) is 3. The molecule has 4 fully saturated rings. The van der Waals surface area contributed by atoms with Crippen molar-refractivity contribution >= 4 is 29.2 Å². The zero-order chi connectivity index (χ0) is 54.1. The number of aliphatic hydroxyl groups is 3. The lowest BCUT2D eigenvalue weighted by Gasteiger charge is -2.43. The molecule has 17 nitrogen and oxygen atoms in total. The number of rotatable bonds is 13. The molecule has 4 aliphatic heterocycles. The molecule has 0 spiro atoms. The van der Waals surface area contributed by atoms with Crippen LogP contribution in [0.2, 0.25) is 0 Å². The number of piperidine rings is 1. The highest BCUT2D eigenvalue weighted by molar-refractivity contribution is 6.39. The number of amides is 1. The van der Waals surface area contributed by atoms with Crippen molar-refractivity contribution in [3.63, 3.8) is 0 Å². The van der Waals surface area contributed by atoms with Gasteiger partial charge in [-0.2, -0.15) is 0 Å². The van der Waals surface area contributed by atoms with Gasteiger partial charge in [-0.15, -0.1) is 0 Å². The van der Waals surface area contributed by atoms with Gasteiger partial charge in [0.1, 0.15) is 36.2 Å². The minimum Gasteiger partial charge on any atom is -0.460 e. The van der Waals surface area contributed by atoms with Gasteiger partial charge < -0.3 is 58.1 Å². The summed E-state index contributed by atoms with van der Waals surface area (Å²) in [6.07, 6.45) is 11.6. The van der Waals surface area contributed by atoms with E-state index in [0.717, 1.165) is 12.0 Å². The van der Waals surface area contributed by atoms with Crippen LogP contribution in [0.4, 0.5) is 0 Å². The highest BCUT2D eigenvalue weighted by Crippen LogP contribution is 2.38. The minimum atomic E-state index is -2.48. The highest BCUT2D eigenvalue weighted by atomic mass is 16.6. The fourth-order valence-electron chi connectivity index (χ4n) is 11.1. The van der Waals surface area contributed by atoms with Crippen LogP contribution in [0.1, 0.15) is 126 Å². The van der Waals surface area contributed by atoms with E-state index in [2.05, 4.69) is 0 Å². The number of allylic oxidation sites excluding steroid dienone is 6. The molecule has 1 amide bonds. The Hall–Kier alpha value is -3.49. The van der Waals surface area contributed by atoms with E-state index >= 15 is 0 Å². The Balaban J connectivity index is 1.46. The maximum atomic E-state index is 14.6. The molecule has 0 aromatic heterocycles. The Bertz CT molecular complexity index is 1960. The van der Waals surface area contributed by atoms with Crippen LogP contribution >= 0.6 is 0 Å². The summed E-state index contributed by atoms with van der Waals surface area (Å²) in [4.78, 5) is 72.8. The summed E-state index contributed by atoms with van der Waals surface area (Å²) < 4.78 is 47.4. The number of hydrogen-bond donors (Lipinski definition) is 3. The van der Waals surface area contributed by atoms with Crippen molar-refractivity contribution in [3.8, 4) is 0 Å². The maximum Gasteiger partial charge on any atom is 0.329 e. The number of carbonyl (C=O) groups is 5. The molecule has 17 heteroatoms. The van der Waals surface area contributed by atoms with Crippen LogP contribution < -0.4 is 0 Å². The molecule has 15 atom stereocenters. The maximum absolute atomic E-state index is 14.6. The number of ether oxygens (including phenoxy) is 8. The summed E-state index contributed by atoms with van der Waals surface area (Å²) in [7, 11) is 3.01. The zero-order valence-corrected chi connectivity index (χ0v) is 45.7. The second-order valence-electron chi connectivity index (χ2n) is 21.8. The third-order valence-electron chi connectivity index (χ3n) is 16.0. The molecular weight excluding hydrogens is 955 g/mol. The fraction of sp³-hybridized carbons (Fsp3) is 0.772. The quantitative estimate of drug-likeness (QED) is 0.0835. The van der Waals surface area contributed by atoms with Gasteiger partial charge in [-0.05, 0) is 107 Å². The van der Waals surface area contributed by atoms with Gasteiger partial charge in [-0.1, -0.05) is 71.1 Å². The Morgan fingerprint density at radius 2 is 1.57 bits per heavy atom. The van der Waals surface area contributed by atoms with Crippen molar-refractivity contribution in [1.82, 2.24) is 4.90 Å². The molecule has 5 aliphatic rings. The summed E-state index contributed by atoms with van der Waals surface area (Å²) in [6, 6.07) is -1.16. The molecule has 1 saturated carbocycles. The van der Waals surface area contributed by atoms with Crippen LogP contribution in [-0.4, -0.2) is 171 Å². The van der Waals surface area contributed by atoms with Crippen molar-refractivity contribution in [2.24, 2.45) is 35.5 Å². The predicted molar refractivity (Wildman–Crippen MR) is 275 cm³/mol. The second-order valence-corrected chi connectivity index (χ2v) is 21.8. The van der Waals surface area contributed by atoms with E-state index in [-0.39, 0.29) is 93.3 Å². The molecule has 1 unspecified atom stereocenters. The smallest absolute Gasteiger partial charge is 0.329 e. The van der Waals surface area contributed by atoms with Crippen LogP contribution in [0.3, 0.4) is 0 Å². The molecular formula is C57H89NO16. The van der Waals surface area contributed by atoms with Crippen LogP contribution in [0, 0.1) is 35.5 Å². The largest absolute Gasteiger partial charge is 0.460 e. The normalized spacial score (nSPS) is 38.1. The lowest BCUT2D eigenvalue weighted by atomic mass is 9.78. The number of nitrogens with zero attached hydrogens (tertiary/aromatic N) is 1. The predicted octanol–water partition coefficient (Wildman–Crippen LogP) is 5.98. The van der Waals surface area contributed by atoms with Gasteiger partial charge in [0.25, 0.3) is 11.7 Å². The first kappa shape index (κ1) is 61.4. The molecule has 4 heterocycles. The summed E-state index contributed by atoms with van der Waals surface area (Å²) in [5, 5.41) is 33.1. The number of esters is 1. The Kier molecular flexibility index (Phi) is 24.8. The molecule has 0 aromatic rings. The Morgan fingerprint density at radius 3 is 2.26 bits per heavy atom. The average molecular weight is 1040 g/mol. The first-order valence-electron chi connectivity index (χ1n) is 27.3. The highest BCUT2D eigenvalue weighted by Gasteiger charge is 2.53. The van der Waals surface area contributed by atoms with Crippen molar-refractivity contribution < 1.29 is 77.2 Å². The van der Waals surface area contributed by atoms with Crippen LogP contribution in [-0.2, 0) is 61.9 Å². The third-order valence-corrected chi connectivity index (χ3v) is 16.0. The molecule has 3 saturated heterocycles. The van der Waals surface area contributed by atoms with Crippen LogP contribution in [0.15, 0.2) is 47.6 Å². The van der Waals surface area contributed by atoms with Crippen LogP contribution in [0.5, 0.6) is 0 Å². The van der Waals surface area contributed by atoms with E-state index in [9.17, 15) is 39.3 Å². The number of aliphatic hydroxyl groups excluding tert-OH is 2. The van der Waals surface area contributed by atoms with Gasteiger partial charge in [-0.3, -0.25) is 19.2 Å². The van der Waals surface area contributed by atoms with Gasteiger partial charge in [0.2, 0.25) is 5.79 Å². The second kappa shape index (κ2) is 29.9. The van der Waals surface area contributed by atoms with E-state index < -0.39 is 77.8 Å². The lowest BCUT2D eigenvalue weighted by Crippen LogP contribution is -2.61. The summed E-state index contributed by atoms with van der Waals surface area (Å²) in [6.45, 7) is 14.5. The molecule has 2 bridgehead atoms. The molecule has 3 N–H and O–H groups in total. The number of ketones is 3. The molecule has 418 valence electrons. The van der Waals surface area contributed by atoms with Crippen molar-refractivity contribution in [2.75, 3.05) is 60.4 Å². The van der Waals surface area contributed by atoms with Gasteiger partial charge >= 0.3 is 5.97 Å². The first-order chi connectivity index (χ1) is 35.3. The fourth-order valence-corrected chi connectivity index (χ4v) is 11.1. The van der Waals surface area contributed by atoms with Gasteiger partial charge in [0.05, 0.1) is 64.1 Å². The van der Waals surface area contributed by atoms with E-state index in [4.69, 9.17) is 37.9 Å². The monoisotopic (exact) mass is 1040 g/mol. The summed E-state index contributed by atoms with van der Waals surface area (Å²) in [5.41, 5.74) is 1.24. The van der Waals surface area contributed by atoms with Crippen molar-refractivity contribution in [2.45, 2.75) is 186 Å². The molecule has 5 rings (SSSR count). The lowest BCUT2D eigenvalue weighted by molar-refractivity contribution is -0.266. The van der Waals surface area contributed by atoms with Gasteiger partial charge in [-0.25, -0.2) is 4.79 Å². The van der Waals surface area contributed by atoms with E-state index in [1.165, 1.54) is 12.0 Å². The minimum absolute atomic E-state index is 0.00695. The van der Waals surface area contributed by atoms with E-state index in [0.29, 0.717) is 76.8 Å². The summed E-state index contributed by atoms with van der Waals surface area (Å²) >= 11 is 0. The molecule has 74 heavy (non-hydrogen) atoms. The molecule has 0 radical (unpaired) electrons. The van der Waals surface area contributed by atoms with Crippen molar-refractivity contribution in [1.29, 1.82) is 0 Å². The van der Waals surface area contributed by atoms with E-state index in [1.54, 1.807) is 34.0 Å². The number of cyclic esters (lactones) is 1. The zero-order valence-electron chi connectivity index (χ0n) is 45.7. The van der Waals surface area contributed by atoms with Gasteiger partial charge in [0.15, 0.2) is 5.78 Å². The average Bonchev–Trinajstić information content (AvgIpc) is 3.36. The van der Waals surface area contributed by atoms with Crippen molar-refractivity contribution in [3.05, 3.63) is 47.6 Å². The standard InChI is InChI=1S/C57H89NO16/c1-35-15-11-10-12-16-36(2)48(72-26-25-70-44-33-69-34-44)31-43-20-18-41(7)57(66,74-43)54(63)55(64)58-22-14-13-17-45(58)56(65)73-49(38(4)29-42-19-21-47(71-24-23-59)50(30-42)67-8)32-46(60)37(3)28-40(6)52(62)53(68-9)51(61)39(5)27-35/h10-12,15-16,28,35,37-39,41-45,47-50,52-53,59,62,66H,13-14,17-27,29-34H2,1-9H3/b12-10+,15-11+,36-16+,40-28+/t35-,37-,38-,39-,41-,42+,43+,45+,47-,48?,49+,50-,52-,53+,57-/m1/s1. The first-order valence-corrected chi connectivity index (χ1v) is 27.3. The Labute approximate surface area is 439 Å². The number of hydrogen-bond acceptors (Lipinski definition) is 16. The molecule has 0 aromatic carbocycles. The topological polar surface area (TPSA) is 223 Å². The number of carbonyl (C=O) groups excluding carboxylic acids is 5. The van der Waals surface area contributed by atoms with Gasteiger partial charge in [0, 0.05) is 51.4 Å². The Morgan fingerprint density at radius 1 is 0.824 bits per heavy atom. The number of fused-ring (bicyclic) bond motifs is 3. The SMILES string of the molecule is CO[C@@H]1C[C@H](C[C@@H](C)[C@@H]2CC(=O)[C@H](C)/C=C(\C)[C@@H](O)[C@@H](OC)C(=O)[C@H](C)C[C@H](C)/C=C/C=C/C=C(\C)C(OCCOC3COC3)C[C@@H]3CC[C@@H](C)[C@@](O)(O3)C(=O)C(=O)N3CCCC[C@H]3C(=O)O2)CC[C@H]1OCCO. The number of methoxy groups -OCH3 is 2. The summed E-state index contributed by atoms with van der Waals surface area (Å²) in [5.74, 6) is -8.16. The third kappa shape index (κ3) is 17.0.